The van der Waals surface area contributed by atoms with E-state index in [1.807, 2.05) is 14.1 Å². The van der Waals surface area contributed by atoms with Gasteiger partial charge in [-0.15, -0.1) is 5.10 Å². The Morgan fingerprint density at radius 2 is 2.23 bits per heavy atom. The molecule has 1 aromatic heterocycles. The average Bonchev–Trinajstić information content (AvgIpc) is 2.84. The predicted molar refractivity (Wildman–Crippen MR) is 83.6 cm³/mol. The Balaban J connectivity index is 1.97. The van der Waals surface area contributed by atoms with Crippen LogP contribution in [0.3, 0.4) is 0 Å². The molecule has 0 radical (unpaired) electrons. The smallest absolute Gasteiger partial charge is 0.273 e. The maximum Gasteiger partial charge on any atom is 0.273 e. The van der Waals surface area contributed by atoms with Gasteiger partial charge in [0, 0.05) is 12.6 Å². The van der Waals surface area contributed by atoms with Crippen molar-refractivity contribution in [2.75, 3.05) is 20.6 Å². The van der Waals surface area contributed by atoms with Gasteiger partial charge in [0.15, 0.2) is 5.69 Å². The Morgan fingerprint density at radius 3 is 2.73 bits per heavy atom. The minimum atomic E-state index is -0.375. The van der Waals surface area contributed by atoms with E-state index in [4.69, 9.17) is 0 Å². The lowest BCUT2D eigenvalue weighted by atomic mass is 9.89. The quantitative estimate of drug-likeness (QED) is 0.774. The van der Waals surface area contributed by atoms with Crippen LogP contribution in [0.25, 0.3) is 0 Å². The fourth-order valence-electron chi connectivity index (χ4n) is 2.76. The summed E-state index contributed by atoms with van der Waals surface area (Å²) >= 11 is 0. The number of aliphatic hydroxyl groups excluding tert-OH is 1. The van der Waals surface area contributed by atoms with Crippen molar-refractivity contribution in [1.29, 1.82) is 0 Å². The molecular formula is C15H27N5O2. The zero-order chi connectivity index (χ0) is 16.3. The molecule has 0 aromatic carbocycles. The molecule has 1 aliphatic rings. The standard InChI is InChI=1S/C15H27N5O2/c1-10(2)7-11(8-19(3)4)16-15(22)12-9-20(18-17-12)13-5-6-14(13)21/h9-11,13-14,21H,5-8H2,1-4H3,(H,16,22)/t11-,13+,14+/m0/s1. The van der Waals surface area contributed by atoms with Crippen LogP contribution in [0.15, 0.2) is 6.20 Å². The number of aromatic nitrogens is 3. The molecule has 1 aromatic rings. The SMILES string of the molecule is CC(C)C[C@@H](CN(C)C)NC(=O)c1cn([C@@H]2CC[C@H]2O)nn1. The summed E-state index contributed by atoms with van der Waals surface area (Å²) < 4.78 is 1.60. The van der Waals surface area contributed by atoms with Crippen molar-refractivity contribution in [3.63, 3.8) is 0 Å². The van der Waals surface area contributed by atoms with E-state index >= 15 is 0 Å². The second kappa shape index (κ2) is 7.19. The summed E-state index contributed by atoms with van der Waals surface area (Å²) in [7, 11) is 3.99. The van der Waals surface area contributed by atoms with Crippen LogP contribution < -0.4 is 5.32 Å². The summed E-state index contributed by atoms with van der Waals surface area (Å²) in [5.74, 6) is 0.304. The maximum atomic E-state index is 12.3. The van der Waals surface area contributed by atoms with Crippen molar-refractivity contribution >= 4 is 5.91 Å². The Bertz CT molecular complexity index is 490. The van der Waals surface area contributed by atoms with Crippen LogP contribution in [0, 0.1) is 5.92 Å². The predicted octanol–water partition coefficient (Wildman–Crippen LogP) is 0.680. The molecule has 124 valence electrons. The molecule has 2 N–H and O–H groups in total. The van der Waals surface area contributed by atoms with Gasteiger partial charge in [0.25, 0.3) is 5.91 Å². The van der Waals surface area contributed by atoms with Gasteiger partial charge in [-0.05, 0) is 39.3 Å². The van der Waals surface area contributed by atoms with E-state index in [1.54, 1.807) is 10.9 Å². The summed E-state index contributed by atoms with van der Waals surface area (Å²) in [5, 5.41) is 20.6. The van der Waals surface area contributed by atoms with Crippen molar-refractivity contribution < 1.29 is 9.90 Å². The first kappa shape index (κ1) is 16.9. The molecule has 1 saturated carbocycles. The third kappa shape index (κ3) is 4.27. The summed E-state index contributed by atoms with van der Waals surface area (Å²) in [5.41, 5.74) is 0.312. The van der Waals surface area contributed by atoms with Gasteiger partial charge in [0.2, 0.25) is 0 Å². The minimum Gasteiger partial charge on any atom is -0.391 e. The van der Waals surface area contributed by atoms with Crippen LogP contribution in [0.5, 0.6) is 0 Å². The normalized spacial score (nSPS) is 22.7. The van der Waals surface area contributed by atoms with Crippen molar-refractivity contribution in [3.8, 4) is 0 Å². The molecule has 1 aliphatic carbocycles. The molecule has 3 atom stereocenters. The van der Waals surface area contributed by atoms with Crippen LogP contribution in [-0.2, 0) is 0 Å². The summed E-state index contributed by atoms with van der Waals surface area (Å²) in [4.78, 5) is 14.4. The van der Waals surface area contributed by atoms with Crippen LogP contribution in [0.4, 0.5) is 0 Å². The molecule has 0 saturated heterocycles. The molecular weight excluding hydrogens is 282 g/mol. The Kier molecular flexibility index (Phi) is 5.52. The van der Waals surface area contributed by atoms with Gasteiger partial charge in [-0.25, -0.2) is 4.68 Å². The van der Waals surface area contributed by atoms with E-state index in [2.05, 4.69) is 34.4 Å². The molecule has 1 amide bonds. The van der Waals surface area contributed by atoms with E-state index in [9.17, 15) is 9.90 Å². The van der Waals surface area contributed by atoms with E-state index in [1.165, 1.54) is 0 Å². The zero-order valence-corrected chi connectivity index (χ0v) is 13.9. The molecule has 0 unspecified atom stereocenters. The monoisotopic (exact) mass is 309 g/mol. The largest absolute Gasteiger partial charge is 0.391 e. The van der Waals surface area contributed by atoms with Crippen molar-refractivity contribution in [1.82, 2.24) is 25.2 Å². The van der Waals surface area contributed by atoms with Gasteiger partial charge >= 0.3 is 0 Å². The van der Waals surface area contributed by atoms with Crippen LogP contribution >= 0.6 is 0 Å². The number of hydrogen-bond donors (Lipinski definition) is 2. The highest BCUT2D eigenvalue weighted by molar-refractivity contribution is 5.92. The number of hydrogen-bond acceptors (Lipinski definition) is 5. The molecule has 0 bridgehead atoms. The summed E-state index contributed by atoms with van der Waals surface area (Å²) in [6, 6.07) is 0.0456. The molecule has 1 fully saturated rings. The third-order valence-electron chi connectivity index (χ3n) is 3.96. The average molecular weight is 309 g/mol. The topological polar surface area (TPSA) is 83.3 Å². The number of nitrogens with zero attached hydrogens (tertiary/aromatic N) is 4. The lowest BCUT2D eigenvalue weighted by Crippen LogP contribution is -2.42. The molecule has 1 heterocycles. The van der Waals surface area contributed by atoms with Gasteiger partial charge in [-0.1, -0.05) is 19.1 Å². The number of nitrogens with one attached hydrogen (secondary N) is 1. The Labute approximate surface area is 131 Å². The first-order valence-corrected chi connectivity index (χ1v) is 7.92. The fraction of sp³-hybridized carbons (Fsp3) is 0.800. The van der Waals surface area contributed by atoms with E-state index in [-0.39, 0.29) is 24.1 Å². The highest BCUT2D eigenvalue weighted by Crippen LogP contribution is 2.31. The lowest BCUT2D eigenvalue weighted by molar-refractivity contribution is 0.0244. The second-order valence-electron chi connectivity index (χ2n) is 6.86. The lowest BCUT2D eigenvalue weighted by Gasteiger charge is -2.31. The number of aliphatic hydroxyl groups is 1. The van der Waals surface area contributed by atoms with E-state index in [0.717, 1.165) is 25.8 Å². The Hall–Kier alpha value is -1.47. The number of likely N-dealkylation sites (N-methyl/N-ethyl adjacent to an activating group) is 1. The van der Waals surface area contributed by atoms with Crippen LogP contribution in [-0.4, -0.2) is 63.7 Å². The first-order chi connectivity index (χ1) is 10.4. The third-order valence-corrected chi connectivity index (χ3v) is 3.96. The highest BCUT2D eigenvalue weighted by atomic mass is 16.3. The summed E-state index contributed by atoms with van der Waals surface area (Å²) in [6.45, 7) is 5.07. The number of amides is 1. The minimum absolute atomic E-state index is 0.0395. The molecule has 2 rings (SSSR count). The van der Waals surface area contributed by atoms with Gasteiger partial charge in [0.1, 0.15) is 0 Å². The number of carbonyl (C=O) groups excluding carboxylic acids is 1. The molecule has 22 heavy (non-hydrogen) atoms. The number of rotatable bonds is 7. The van der Waals surface area contributed by atoms with Gasteiger partial charge in [-0.3, -0.25) is 4.79 Å². The fourth-order valence-corrected chi connectivity index (χ4v) is 2.76. The van der Waals surface area contributed by atoms with Crippen LogP contribution in [0.2, 0.25) is 0 Å². The van der Waals surface area contributed by atoms with Gasteiger partial charge < -0.3 is 15.3 Å². The van der Waals surface area contributed by atoms with E-state index in [0.29, 0.717) is 11.6 Å². The molecule has 7 nitrogen and oxygen atoms in total. The number of carbonyl (C=O) groups is 1. The zero-order valence-electron chi connectivity index (χ0n) is 13.9. The van der Waals surface area contributed by atoms with Crippen LogP contribution in [0.1, 0.15) is 49.6 Å². The molecule has 0 spiro atoms. The van der Waals surface area contributed by atoms with Crippen molar-refractivity contribution in [3.05, 3.63) is 11.9 Å². The van der Waals surface area contributed by atoms with E-state index < -0.39 is 0 Å². The maximum absolute atomic E-state index is 12.3. The van der Waals surface area contributed by atoms with Gasteiger partial charge in [0.05, 0.1) is 18.3 Å². The first-order valence-electron chi connectivity index (χ1n) is 7.92. The Morgan fingerprint density at radius 1 is 1.50 bits per heavy atom. The van der Waals surface area contributed by atoms with Gasteiger partial charge in [-0.2, -0.15) is 0 Å². The van der Waals surface area contributed by atoms with Crippen molar-refractivity contribution in [2.24, 2.45) is 5.92 Å². The second-order valence-corrected chi connectivity index (χ2v) is 6.86. The molecule has 7 heteroatoms. The highest BCUT2D eigenvalue weighted by Gasteiger charge is 2.32. The molecule has 0 aliphatic heterocycles. The summed E-state index contributed by atoms with van der Waals surface area (Å²) in [6.07, 6.45) is 3.83. The van der Waals surface area contributed by atoms with Crippen molar-refractivity contribution in [2.45, 2.75) is 51.3 Å².